The third-order valence-corrected chi connectivity index (χ3v) is 1.70. The molecule has 0 aliphatic heterocycles. The van der Waals surface area contributed by atoms with Crippen molar-refractivity contribution in [2.24, 2.45) is 5.92 Å². The Morgan fingerprint density at radius 2 is 2.10 bits per heavy atom. The first-order valence-electron chi connectivity index (χ1n) is 3.62. The third-order valence-electron chi connectivity index (χ3n) is 1.70. The van der Waals surface area contributed by atoms with E-state index in [-0.39, 0.29) is 25.2 Å². The summed E-state index contributed by atoms with van der Waals surface area (Å²) in [5, 5.41) is 11.6. The van der Waals surface area contributed by atoms with Crippen LogP contribution in [0.3, 0.4) is 0 Å². The molecule has 0 aromatic rings. The van der Waals surface area contributed by atoms with E-state index < -0.39 is 0 Å². The van der Waals surface area contributed by atoms with Crippen LogP contribution in [0.5, 0.6) is 0 Å². The average Bonchev–Trinajstić information content (AvgIpc) is 1.98. The minimum absolute atomic E-state index is 0.153. The predicted molar refractivity (Wildman–Crippen MR) is 39.7 cm³/mol. The van der Waals surface area contributed by atoms with Crippen molar-refractivity contribution >= 4 is 0 Å². The molecule has 0 aromatic carbocycles. The van der Waals surface area contributed by atoms with Crippen molar-refractivity contribution in [2.75, 3.05) is 19.8 Å². The van der Waals surface area contributed by atoms with Gasteiger partial charge in [0.05, 0.1) is 0 Å². The Morgan fingerprint density at radius 3 is 2.50 bits per heavy atom. The van der Waals surface area contributed by atoms with E-state index in [0.29, 0.717) is 6.54 Å². The third kappa shape index (κ3) is 3.80. The van der Waals surface area contributed by atoms with Crippen molar-refractivity contribution in [1.82, 2.24) is 5.32 Å². The van der Waals surface area contributed by atoms with Crippen LogP contribution in [0.25, 0.3) is 0 Å². The highest BCUT2D eigenvalue weighted by Crippen LogP contribution is 1.99. The minimum Gasteiger partial charge on any atom is -0.396 e. The van der Waals surface area contributed by atoms with E-state index in [2.05, 4.69) is 5.32 Å². The fourth-order valence-corrected chi connectivity index (χ4v) is 0.642. The summed E-state index contributed by atoms with van der Waals surface area (Å²) in [5.74, 6) is 0.201. The number of hydrogen-bond acceptors (Lipinski definition) is 2. The second-order valence-corrected chi connectivity index (χ2v) is 2.59. The zero-order valence-corrected chi connectivity index (χ0v) is 6.60. The van der Waals surface area contributed by atoms with Gasteiger partial charge in [-0.05, 0) is 12.8 Å². The van der Waals surface area contributed by atoms with Gasteiger partial charge >= 0.3 is 0 Å². The first-order chi connectivity index (χ1) is 4.72. The Kier molecular flexibility index (Phi) is 5.54. The van der Waals surface area contributed by atoms with Crippen LogP contribution < -0.4 is 5.32 Å². The molecule has 0 aliphatic rings. The summed E-state index contributed by atoms with van der Waals surface area (Å²) in [5.41, 5.74) is 0. The normalized spacial score (nSPS) is 16.8. The summed E-state index contributed by atoms with van der Waals surface area (Å²) in [7, 11) is 0. The van der Waals surface area contributed by atoms with Crippen LogP contribution in [-0.4, -0.2) is 31.0 Å². The van der Waals surface area contributed by atoms with Gasteiger partial charge in [-0.2, -0.15) is 0 Å². The van der Waals surface area contributed by atoms with Gasteiger partial charge in [0.1, 0.15) is 6.67 Å². The van der Waals surface area contributed by atoms with E-state index in [4.69, 9.17) is 5.11 Å². The van der Waals surface area contributed by atoms with Gasteiger partial charge < -0.3 is 10.4 Å². The van der Waals surface area contributed by atoms with E-state index in [1.54, 1.807) is 0 Å². The molecule has 0 aromatic heterocycles. The lowest BCUT2D eigenvalue weighted by Gasteiger charge is -2.17. The van der Waals surface area contributed by atoms with Crippen LogP contribution in [0.2, 0.25) is 0 Å². The monoisotopic (exact) mass is 149 g/mol. The average molecular weight is 149 g/mol. The van der Waals surface area contributed by atoms with Gasteiger partial charge in [0.15, 0.2) is 0 Å². The smallest absolute Gasteiger partial charge is 0.102 e. The lowest BCUT2D eigenvalue weighted by Crippen LogP contribution is -2.35. The Bertz CT molecular complexity index is 80.0. The summed E-state index contributed by atoms with van der Waals surface area (Å²) in [6.07, 6.45) is 0. The topological polar surface area (TPSA) is 32.3 Å². The molecule has 2 N–H and O–H groups in total. The van der Waals surface area contributed by atoms with Crippen LogP contribution in [0.15, 0.2) is 0 Å². The number of aliphatic hydroxyl groups is 1. The maximum absolute atomic E-state index is 11.6. The van der Waals surface area contributed by atoms with Crippen molar-refractivity contribution in [3.8, 4) is 0 Å². The summed E-state index contributed by atoms with van der Waals surface area (Å²) in [6.45, 7) is 4.06. The molecule has 0 amide bonds. The molecule has 0 saturated heterocycles. The molecule has 2 atom stereocenters. The Balaban J connectivity index is 3.31. The predicted octanol–water partition coefficient (Wildman–Crippen LogP) is 0.562. The first kappa shape index (κ1) is 9.85. The summed E-state index contributed by atoms with van der Waals surface area (Å²) >= 11 is 0. The molecule has 0 heterocycles. The van der Waals surface area contributed by atoms with E-state index in [1.807, 2.05) is 13.8 Å². The molecule has 2 unspecified atom stereocenters. The number of hydrogen-bond donors (Lipinski definition) is 2. The van der Waals surface area contributed by atoms with Gasteiger partial charge in [-0.25, -0.2) is 4.39 Å². The standard InChI is InChI=1S/C7H16FNO/c1-6(5-10)7(2)9-4-3-8/h6-7,9-10H,3-5H2,1-2H3. The highest BCUT2D eigenvalue weighted by Gasteiger charge is 2.08. The largest absolute Gasteiger partial charge is 0.396 e. The molecule has 2 nitrogen and oxygen atoms in total. The molecule has 0 radical (unpaired) electrons. The van der Waals surface area contributed by atoms with Gasteiger partial charge in [-0.15, -0.1) is 0 Å². The number of nitrogens with one attached hydrogen (secondary N) is 1. The summed E-state index contributed by atoms with van der Waals surface area (Å²) in [6, 6.07) is 0.195. The molecule has 0 aliphatic carbocycles. The second-order valence-electron chi connectivity index (χ2n) is 2.59. The Labute approximate surface area is 61.4 Å². The zero-order valence-electron chi connectivity index (χ0n) is 6.60. The first-order valence-corrected chi connectivity index (χ1v) is 3.62. The van der Waals surface area contributed by atoms with E-state index in [9.17, 15) is 4.39 Å². The molecule has 0 rings (SSSR count). The number of aliphatic hydroxyl groups excluding tert-OH is 1. The Morgan fingerprint density at radius 1 is 1.50 bits per heavy atom. The van der Waals surface area contributed by atoms with Gasteiger partial charge in [-0.1, -0.05) is 6.92 Å². The van der Waals surface area contributed by atoms with E-state index in [0.717, 1.165) is 0 Å². The van der Waals surface area contributed by atoms with Gasteiger partial charge in [-0.3, -0.25) is 0 Å². The lowest BCUT2D eigenvalue weighted by molar-refractivity contribution is 0.206. The quantitative estimate of drug-likeness (QED) is 0.598. The van der Waals surface area contributed by atoms with Gasteiger partial charge in [0, 0.05) is 19.2 Å². The fourth-order valence-electron chi connectivity index (χ4n) is 0.642. The van der Waals surface area contributed by atoms with E-state index in [1.165, 1.54) is 0 Å². The fraction of sp³-hybridized carbons (Fsp3) is 1.00. The molecule has 0 fully saturated rings. The molecule has 62 valence electrons. The molecular weight excluding hydrogens is 133 g/mol. The number of rotatable bonds is 5. The van der Waals surface area contributed by atoms with Crippen molar-refractivity contribution in [2.45, 2.75) is 19.9 Å². The maximum atomic E-state index is 11.6. The molecule has 0 bridgehead atoms. The Hall–Kier alpha value is -0.150. The van der Waals surface area contributed by atoms with Crippen LogP contribution in [-0.2, 0) is 0 Å². The van der Waals surface area contributed by atoms with Gasteiger partial charge in [0.25, 0.3) is 0 Å². The van der Waals surface area contributed by atoms with Crippen LogP contribution in [0.4, 0.5) is 4.39 Å². The van der Waals surface area contributed by atoms with E-state index >= 15 is 0 Å². The molecule has 10 heavy (non-hydrogen) atoms. The SMILES string of the molecule is CC(CO)C(C)NCCF. The van der Waals surface area contributed by atoms with Crippen molar-refractivity contribution in [3.63, 3.8) is 0 Å². The highest BCUT2D eigenvalue weighted by molar-refractivity contribution is 4.66. The molecule has 0 spiro atoms. The van der Waals surface area contributed by atoms with Crippen LogP contribution in [0, 0.1) is 5.92 Å². The number of alkyl halides is 1. The minimum atomic E-state index is -0.345. The van der Waals surface area contributed by atoms with Crippen molar-refractivity contribution in [1.29, 1.82) is 0 Å². The van der Waals surface area contributed by atoms with Gasteiger partial charge in [0.2, 0.25) is 0 Å². The van der Waals surface area contributed by atoms with Crippen molar-refractivity contribution < 1.29 is 9.50 Å². The molecular formula is C7H16FNO. The highest BCUT2D eigenvalue weighted by atomic mass is 19.1. The lowest BCUT2D eigenvalue weighted by atomic mass is 10.1. The summed E-state index contributed by atoms with van der Waals surface area (Å²) in [4.78, 5) is 0. The number of halogens is 1. The van der Waals surface area contributed by atoms with Crippen LogP contribution >= 0.6 is 0 Å². The van der Waals surface area contributed by atoms with Crippen LogP contribution in [0.1, 0.15) is 13.8 Å². The maximum Gasteiger partial charge on any atom is 0.102 e. The molecule has 3 heteroatoms. The second kappa shape index (κ2) is 5.62. The van der Waals surface area contributed by atoms with Crippen molar-refractivity contribution in [3.05, 3.63) is 0 Å². The molecule has 0 saturated carbocycles. The summed E-state index contributed by atoms with van der Waals surface area (Å²) < 4.78 is 11.6. The zero-order chi connectivity index (χ0) is 7.98.